The minimum atomic E-state index is -4.84. The monoisotopic (exact) mass is 343 g/mol. The van der Waals surface area contributed by atoms with Gasteiger partial charge in [-0.15, -0.1) is 0 Å². The molecule has 0 amide bonds. The molecule has 0 saturated heterocycles. The summed E-state index contributed by atoms with van der Waals surface area (Å²) in [5, 5.41) is 10.9. The normalized spacial score (nSPS) is 11.5. The highest BCUT2D eigenvalue weighted by molar-refractivity contribution is 5.44. The predicted molar refractivity (Wildman–Crippen MR) is 77.9 cm³/mol. The van der Waals surface area contributed by atoms with Gasteiger partial charge < -0.3 is 0 Å². The molecule has 1 heterocycles. The lowest BCUT2D eigenvalue weighted by molar-refractivity contribution is -0.385. The Balaban J connectivity index is 2.59. The average Bonchev–Trinajstić information content (AvgIpc) is 2.47. The summed E-state index contributed by atoms with van der Waals surface area (Å²) < 4.78 is 39.3. The maximum atomic E-state index is 12.8. The van der Waals surface area contributed by atoms with E-state index in [4.69, 9.17) is 0 Å². The number of rotatable bonds is 3. The first-order valence-corrected chi connectivity index (χ1v) is 6.65. The van der Waals surface area contributed by atoms with Crippen LogP contribution >= 0.6 is 0 Å². The molecule has 24 heavy (non-hydrogen) atoms. The number of alkyl halides is 3. The maximum Gasteiger partial charge on any atom is 0.431 e. The number of nitro groups is 1. The van der Waals surface area contributed by atoms with Gasteiger partial charge in [-0.2, -0.15) is 13.2 Å². The number of hydrogen-bond acceptors (Lipinski definition) is 4. The zero-order valence-electron chi connectivity index (χ0n) is 12.6. The van der Waals surface area contributed by atoms with Gasteiger partial charge in [0.05, 0.1) is 11.5 Å². The lowest BCUT2D eigenvalue weighted by atomic mass is 10.1. The fourth-order valence-corrected chi connectivity index (χ4v) is 2.30. The molecule has 0 spiro atoms. The molecule has 1 aromatic carbocycles. The Morgan fingerprint density at radius 3 is 2.42 bits per heavy atom. The van der Waals surface area contributed by atoms with Gasteiger partial charge in [-0.3, -0.25) is 24.0 Å². The van der Waals surface area contributed by atoms with Gasteiger partial charge in [0.1, 0.15) is 5.69 Å². The molecule has 0 fully saturated rings. The van der Waals surface area contributed by atoms with Gasteiger partial charge in [0.25, 0.3) is 11.2 Å². The van der Waals surface area contributed by atoms with Gasteiger partial charge in [-0.1, -0.05) is 12.1 Å². The van der Waals surface area contributed by atoms with E-state index >= 15 is 0 Å². The van der Waals surface area contributed by atoms with Crippen LogP contribution in [-0.4, -0.2) is 14.1 Å². The quantitative estimate of drug-likeness (QED) is 0.628. The van der Waals surface area contributed by atoms with Crippen molar-refractivity contribution >= 4 is 5.69 Å². The number of hydrogen-bond donors (Lipinski definition) is 0. The van der Waals surface area contributed by atoms with Crippen molar-refractivity contribution in [2.75, 3.05) is 0 Å². The summed E-state index contributed by atoms with van der Waals surface area (Å²) in [6.07, 6.45) is -4.84. The van der Waals surface area contributed by atoms with Crippen molar-refractivity contribution in [2.24, 2.45) is 7.05 Å². The summed E-state index contributed by atoms with van der Waals surface area (Å²) in [6.45, 7) is 1.07. The van der Waals surface area contributed by atoms with Gasteiger partial charge in [0, 0.05) is 24.7 Å². The van der Waals surface area contributed by atoms with E-state index in [1.54, 1.807) is 0 Å². The van der Waals surface area contributed by atoms with Crippen molar-refractivity contribution in [3.8, 4) is 0 Å². The van der Waals surface area contributed by atoms with E-state index in [0.717, 1.165) is 7.05 Å². The van der Waals surface area contributed by atoms with E-state index in [9.17, 15) is 32.9 Å². The molecule has 0 bridgehead atoms. The van der Waals surface area contributed by atoms with E-state index in [0.29, 0.717) is 20.8 Å². The molecule has 0 radical (unpaired) electrons. The topological polar surface area (TPSA) is 87.1 Å². The van der Waals surface area contributed by atoms with Crippen LogP contribution in [0.25, 0.3) is 0 Å². The van der Waals surface area contributed by atoms with Gasteiger partial charge in [-0.05, 0) is 12.5 Å². The van der Waals surface area contributed by atoms with Crippen molar-refractivity contribution in [3.05, 3.63) is 72.0 Å². The third kappa shape index (κ3) is 3.07. The first kappa shape index (κ1) is 17.4. The van der Waals surface area contributed by atoms with E-state index in [-0.39, 0.29) is 17.8 Å². The van der Waals surface area contributed by atoms with Gasteiger partial charge in [0.15, 0.2) is 0 Å². The highest BCUT2D eigenvalue weighted by atomic mass is 19.4. The Morgan fingerprint density at radius 1 is 1.25 bits per heavy atom. The van der Waals surface area contributed by atoms with Crippen LogP contribution in [0.15, 0.2) is 33.9 Å². The van der Waals surface area contributed by atoms with Crippen molar-refractivity contribution in [3.63, 3.8) is 0 Å². The molecule has 0 atom stereocenters. The summed E-state index contributed by atoms with van der Waals surface area (Å²) in [6, 6.07) is 4.42. The molecule has 7 nitrogen and oxygen atoms in total. The SMILES string of the molecule is Cc1c(Cn2c(=O)cc(C(F)(F)F)n(C)c2=O)cccc1[N+](=O)[O-]. The zero-order valence-corrected chi connectivity index (χ0v) is 12.6. The van der Waals surface area contributed by atoms with E-state index in [2.05, 4.69) is 0 Å². The molecule has 0 N–H and O–H groups in total. The Bertz CT molecular complexity index is 928. The molecule has 0 aliphatic heterocycles. The van der Waals surface area contributed by atoms with E-state index < -0.39 is 28.0 Å². The number of nitro benzene ring substituents is 1. The van der Waals surface area contributed by atoms with Crippen molar-refractivity contribution in [1.29, 1.82) is 0 Å². The van der Waals surface area contributed by atoms with Gasteiger partial charge >= 0.3 is 11.9 Å². The fourth-order valence-electron chi connectivity index (χ4n) is 2.30. The third-order valence-corrected chi connectivity index (χ3v) is 3.64. The predicted octanol–water partition coefficient (Wildman–Crippen LogP) is 1.83. The third-order valence-electron chi connectivity index (χ3n) is 3.64. The van der Waals surface area contributed by atoms with Crippen LogP contribution in [0.2, 0.25) is 0 Å². The molecule has 0 aliphatic carbocycles. The molecular formula is C14H12F3N3O4. The number of nitrogens with zero attached hydrogens (tertiary/aromatic N) is 3. The van der Waals surface area contributed by atoms with Crippen LogP contribution in [0.1, 0.15) is 16.8 Å². The van der Waals surface area contributed by atoms with Crippen LogP contribution in [0.5, 0.6) is 0 Å². The van der Waals surface area contributed by atoms with E-state index in [1.165, 1.54) is 25.1 Å². The Labute approximate surface area is 132 Å². The molecular weight excluding hydrogens is 331 g/mol. The maximum absolute atomic E-state index is 12.8. The van der Waals surface area contributed by atoms with Crippen molar-refractivity contribution in [1.82, 2.24) is 9.13 Å². The number of benzene rings is 1. The second-order valence-electron chi connectivity index (χ2n) is 5.11. The summed E-state index contributed by atoms with van der Waals surface area (Å²) in [7, 11) is 0.904. The largest absolute Gasteiger partial charge is 0.431 e. The minimum absolute atomic E-state index is 0.204. The Kier molecular flexibility index (Phi) is 4.32. The average molecular weight is 343 g/mol. The molecule has 0 unspecified atom stereocenters. The van der Waals surface area contributed by atoms with Crippen LogP contribution in [0.4, 0.5) is 18.9 Å². The number of aromatic nitrogens is 2. The number of halogens is 3. The molecule has 10 heteroatoms. The summed E-state index contributed by atoms with van der Waals surface area (Å²) in [5.74, 6) is 0. The van der Waals surface area contributed by atoms with E-state index in [1.807, 2.05) is 0 Å². The first-order valence-electron chi connectivity index (χ1n) is 6.65. The molecule has 0 aliphatic rings. The zero-order chi connectivity index (χ0) is 18.2. The summed E-state index contributed by atoms with van der Waals surface area (Å²) >= 11 is 0. The Morgan fingerprint density at radius 2 is 1.88 bits per heavy atom. The lowest BCUT2D eigenvalue weighted by Crippen LogP contribution is -2.42. The summed E-state index contributed by atoms with van der Waals surface area (Å²) in [4.78, 5) is 34.3. The fraction of sp³-hybridized carbons (Fsp3) is 0.286. The van der Waals surface area contributed by atoms with Gasteiger partial charge in [-0.25, -0.2) is 4.79 Å². The highest BCUT2D eigenvalue weighted by Crippen LogP contribution is 2.27. The summed E-state index contributed by atoms with van der Waals surface area (Å²) in [5.41, 5.74) is -3.31. The minimum Gasteiger partial charge on any atom is -0.292 e. The van der Waals surface area contributed by atoms with Crippen LogP contribution in [0, 0.1) is 17.0 Å². The first-order chi connectivity index (χ1) is 11.0. The van der Waals surface area contributed by atoms with Gasteiger partial charge in [0.2, 0.25) is 0 Å². The van der Waals surface area contributed by atoms with Crippen LogP contribution in [0.3, 0.4) is 0 Å². The second kappa shape index (κ2) is 5.95. The molecule has 2 aromatic rings. The molecule has 1 aromatic heterocycles. The highest BCUT2D eigenvalue weighted by Gasteiger charge is 2.35. The molecule has 0 saturated carbocycles. The Hall–Kier alpha value is -2.91. The smallest absolute Gasteiger partial charge is 0.292 e. The lowest BCUT2D eigenvalue weighted by Gasteiger charge is -2.14. The van der Waals surface area contributed by atoms with Crippen LogP contribution < -0.4 is 11.2 Å². The molecule has 128 valence electrons. The van der Waals surface area contributed by atoms with Crippen molar-refractivity contribution < 1.29 is 18.1 Å². The van der Waals surface area contributed by atoms with Crippen LogP contribution in [-0.2, 0) is 19.8 Å². The molecule has 2 rings (SSSR count). The standard InChI is InChI=1S/C14H12F3N3O4/c1-8-9(4-3-5-10(8)20(23)24)7-19-12(21)6-11(14(15,16)17)18(2)13(19)22/h3-6H,7H2,1-2H3. The second-order valence-corrected chi connectivity index (χ2v) is 5.11. The van der Waals surface area contributed by atoms with Crippen molar-refractivity contribution in [2.45, 2.75) is 19.6 Å².